The Morgan fingerprint density at radius 2 is 1.50 bits per heavy atom. The molecular formula is C34H30ClN3O6. The maximum absolute atomic E-state index is 12.9. The maximum atomic E-state index is 12.9. The van der Waals surface area contributed by atoms with Gasteiger partial charge in [0.2, 0.25) is 0 Å². The zero-order chi connectivity index (χ0) is 31.3. The van der Waals surface area contributed by atoms with Crippen molar-refractivity contribution in [3.05, 3.63) is 124 Å². The molecule has 0 heterocycles. The Morgan fingerprint density at radius 3 is 2.27 bits per heavy atom. The first kappa shape index (κ1) is 31.5. The minimum atomic E-state index is -0.581. The Morgan fingerprint density at radius 1 is 0.773 bits per heavy atom. The molecule has 0 bridgehead atoms. The summed E-state index contributed by atoms with van der Waals surface area (Å²) in [5.41, 5.74) is 4.78. The highest BCUT2D eigenvalue weighted by molar-refractivity contribution is 6.30. The number of amides is 2. The van der Waals surface area contributed by atoms with E-state index in [1.807, 2.05) is 13.8 Å². The van der Waals surface area contributed by atoms with Gasteiger partial charge in [0, 0.05) is 33.5 Å². The van der Waals surface area contributed by atoms with E-state index in [0.717, 1.165) is 5.56 Å². The average Bonchev–Trinajstić information content (AvgIpc) is 3.02. The summed E-state index contributed by atoms with van der Waals surface area (Å²) in [5, 5.41) is 7.41. The van der Waals surface area contributed by atoms with Gasteiger partial charge in [0.15, 0.2) is 11.5 Å². The molecule has 10 heteroatoms. The van der Waals surface area contributed by atoms with Gasteiger partial charge in [0.1, 0.15) is 5.75 Å². The third-order valence-corrected chi connectivity index (χ3v) is 6.22. The second-order valence-corrected chi connectivity index (χ2v) is 9.54. The molecule has 0 aliphatic carbocycles. The number of nitrogens with one attached hydrogen (secondary N) is 2. The third kappa shape index (κ3) is 9.04. The first-order valence-electron chi connectivity index (χ1n) is 13.7. The number of ether oxygens (including phenoxy) is 3. The molecule has 0 fully saturated rings. The second-order valence-electron chi connectivity index (χ2n) is 9.11. The van der Waals surface area contributed by atoms with Crippen molar-refractivity contribution in [2.45, 2.75) is 13.8 Å². The molecular weight excluding hydrogens is 582 g/mol. The summed E-state index contributed by atoms with van der Waals surface area (Å²) < 4.78 is 16.6. The van der Waals surface area contributed by atoms with Crippen LogP contribution < -0.4 is 25.0 Å². The van der Waals surface area contributed by atoms with Gasteiger partial charge in [-0.1, -0.05) is 41.9 Å². The molecule has 0 saturated heterocycles. The molecule has 2 amide bonds. The molecule has 4 aromatic rings. The van der Waals surface area contributed by atoms with Crippen LogP contribution in [0.25, 0.3) is 6.08 Å². The van der Waals surface area contributed by atoms with Gasteiger partial charge < -0.3 is 19.5 Å². The number of esters is 1. The molecule has 0 unspecified atom stereocenters. The zero-order valence-electron chi connectivity index (χ0n) is 24.1. The Kier molecular flexibility index (Phi) is 11.3. The Balaban J connectivity index is 1.37. The molecule has 0 aromatic heterocycles. The van der Waals surface area contributed by atoms with Gasteiger partial charge in [-0.05, 0) is 86.2 Å². The number of hydrazone groups is 1. The highest BCUT2D eigenvalue weighted by atomic mass is 35.5. The minimum Gasteiger partial charge on any atom is -0.490 e. The van der Waals surface area contributed by atoms with E-state index in [9.17, 15) is 14.4 Å². The molecule has 9 nitrogen and oxygen atoms in total. The molecule has 0 spiro atoms. The molecule has 4 aromatic carbocycles. The summed E-state index contributed by atoms with van der Waals surface area (Å²) in [7, 11) is 0. The number of rotatable bonds is 12. The van der Waals surface area contributed by atoms with Gasteiger partial charge in [-0.15, -0.1) is 0 Å². The van der Waals surface area contributed by atoms with E-state index in [-0.39, 0.29) is 17.2 Å². The number of carbonyl (C=O) groups is 3. The van der Waals surface area contributed by atoms with Gasteiger partial charge in [-0.3, -0.25) is 9.59 Å². The van der Waals surface area contributed by atoms with Crippen LogP contribution in [0.15, 0.2) is 102 Å². The Labute approximate surface area is 260 Å². The van der Waals surface area contributed by atoms with E-state index in [2.05, 4.69) is 15.8 Å². The Bertz CT molecular complexity index is 1680. The molecule has 0 saturated carbocycles. The quantitative estimate of drug-likeness (QED) is 0.0600. The Hall–Kier alpha value is -5.41. The van der Waals surface area contributed by atoms with E-state index in [1.165, 1.54) is 18.4 Å². The number of halogens is 1. The van der Waals surface area contributed by atoms with Crippen LogP contribution in [0.2, 0.25) is 5.02 Å². The monoisotopic (exact) mass is 611 g/mol. The lowest BCUT2D eigenvalue weighted by atomic mass is 10.1. The van der Waals surface area contributed by atoms with Crippen LogP contribution >= 0.6 is 11.6 Å². The summed E-state index contributed by atoms with van der Waals surface area (Å²) in [6.45, 7) is 4.60. The number of benzene rings is 4. The van der Waals surface area contributed by atoms with Gasteiger partial charge in [-0.2, -0.15) is 5.10 Å². The SMILES string of the molecule is CCOc1ccc(C(=O)Nc2cccc(C(=O)NN=Cc3ccccc3OC(=O)/C=C/c3ccc(Cl)cc3)c2)cc1OCC. The van der Waals surface area contributed by atoms with E-state index in [4.69, 9.17) is 25.8 Å². The number of anilines is 1. The van der Waals surface area contributed by atoms with E-state index < -0.39 is 11.9 Å². The second kappa shape index (κ2) is 15.7. The van der Waals surface area contributed by atoms with Crippen LogP contribution in [-0.4, -0.2) is 37.2 Å². The van der Waals surface area contributed by atoms with Crippen molar-refractivity contribution in [1.82, 2.24) is 5.43 Å². The summed E-state index contributed by atoms with van der Waals surface area (Å²) in [6, 6.07) is 25.1. The first-order valence-corrected chi connectivity index (χ1v) is 14.1. The average molecular weight is 612 g/mol. The summed E-state index contributed by atoms with van der Waals surface area (Å²) in [6.07, 6.45) is 4.29. The zero-order valence-corrected chi connectivity index (χ0v) is 24.8. The molecule has 224 valence electrons. The summed E-state index contributed by atoms with van der Waals surface area (Å²) >= 11 is 5.89. The lowest BCUT2D eigenvalue weighted by Gasteiger charge is -2.12. The van der Waals surface area contributed by atoms with Crippen molar-refractivity contribution >= 4 is 47.4 Å². The minimum absolute atomic E-state index is 0.266. The van der Waals surface area contributed by atoms with Crippen molar-refractivity contribution in [1.29, 1.82) is 0 Å². The standard InChI is InChI=1S/C34H30ClN3O6/c1-3-42-30-18-15-25(21-31(30)43-4-2)33(40)37-28-10-7-9-24(20-28)34(41)38-36-22-26-8-5-6-11-29(26)44-32(39)19-14-23-12-16-27(35)17-13-23/h5-22H,3-4H2,1-2H3,(H,37,40)(H,38,41)/b19-14+,36-22?. The smallest absolute Gasteiger partial charge is 0.336 e. The third-order valence-electron chi connectivity index (χ3n) is 5.97. The molecule has 0 radical (unpaired) electrons. The fourth-order valence-corrected chi connectivity index (χ4v) is 4.05. The van der Waals surface area contributed by atoms with Crippen LogP contribution in [0.1, 0.15) is 45.7 Å². The van der Waals surface area contributed by atoms with Crippen molar-refractivity contribution in [3.8, 4) is 17.2 Å². The molecule has 4 rings (SSSR count). The van der Waals surface area contributed by atoms with Crippen LogP contribution in [0.4, 0.5) is 5.69 Å². The molecule has 0 aliphatic heterocycles. The molecule has 0 atom stereocenters. The number of carbonyl (C=O) groups excluding carboxylic acids is 3. The van der Waals surface area contributed by atoms with Crippen LogP contribution in [0, 0.1) is 0 Å². The van der Waals surface area contributed by atoms with Crippen LogP contribution in [0.5, 0.6) is 17.2 Å². The highest BCUT2D eigenvalue weighted by Crippen LogP contribution is 2.29. The van der Waals surface area contributed by atoms with Gasteiger partial charge in [0.05, 0.1) is 19.4 Å². The van der Waals surface area contributed by atoms with E-state index in [0.29, 0.717) is 46.5 Å². The van der Waals surface area contributed by atoms with Gasteiger partial charge in [-0.25, -0.2) is 10.2 Å². The summed E-state index contributed by atoms with van der Waals surface area (Å²) in [5.74, 6) is -0.169. The lowest BCUT2D eigenvalue weighted by Crippen LogP contribution is -2.18. The van der Waals surface area contributed by atoms with Crippen molar-refractivity contribution in [2.75, 3.05) is 18.5 Å². The summed E-state index contributed by atoms with van der Waals surface area (Å²) in [4.78, 5) is 38.1. The fraction of sp³-hybridized carbons (Fsp3) is 0.118. The van der Waals surface area contributed by atoms with E-state index in [1.54, 1.807) is 91.0 Å². The van der Waals surface area contributed by atoms with Crippen molar-refractivity contribution < 1.29 is 28.6 Å². The topological polar surface area (TPSA) is 115 Å². The number of hydrogen-bond donors (Lipinski definition) is 2. The van der Waals surface area contributed by atoms with Crippen molar-refractivity contribution in [3.63, 3.8) is 0 Å². The number of para-hydroxylation sites is 1. The van der Waals surface area contributed by atoms with Crippen molar-refractivity contribution in [2.24, 2.45) is 5.10 Å². The first-order chi connectivity index (χ1) is 21.4. The fourth-order valence-electron chi connectivity index (χ4n) is 3.92. The van der Waals surface area contributed by atoms with Crippen LogP contribution in [-0.2, 0) is 4.79 Å². The normalized spacial score (nSPS) is 10.9. The van der Waals surface area contributed by atoms with E-state index >= 15 is 0 Å². The molecule has 2 N–H and O–H groups in total. The molecule has 44 heavy (non-hydrogen) atoms. The largest absolute Gasteiger partial charge is 0.490 e. The lowest BCUT2D eigenvalue weighted by molar-refractivity contribution is -0.128. The number of hydrogen-bond acceptors (Lipinski definition) is 7. The predicted molar refractivity (Wildman–Crippen MR) is 171 cm³/mol. The van der Waals surface area contributed by atoms with Gasteiger partial charge in [0.25, 0.3) is 11.8 Å². The number of nitrogens with zero attached hydrogens (tertiary/aromatic N) is 1. The van der Waals surface area contributed by atoms with Gasteiger partial charge >= 0.3 is 5.97 Å². The van der Waals surface area contributed by atoms with Crippen LogP contribution in [0.3, 0.4) is 0 Å². The highest BCUT2D eigenvalue weighted by Gasteiger charge is 2.13. The maximum Gasteiger partial charge on any atom is 0.336 e. The molecule has 0 aliphatic rings. The predicted octanol–water partition coefficient (Wildman–Crippen LogP) is 6.77.